The summed E-state index contributed by atoms with van der Waals surface area (Å²) in [7, 11) is 0. The lowest BCUT2D eigenvalue weighted by Crippen LogP contribution is -2.28. The van der Waals surface area contributed by atoms with Crippen LogP contribution in [-0.2, 0) is 36.8 Å². The number of amides is 1. The molecule has 0 aliphatic carbocycles. The van der Waals surface area contributed by atoms with Gasteiger partial charge in [-0.15, -0.1) is 20.2 Å². The number of carbonyl (C=O) groups is 3. The SMILES string of the molecule is O=COC(CCCCNC(=O)Oc1cccc(CCO[N+](=O)[O-])c1)CC(=O)Oc1cccc(CCO[N+](=O)[O-])c1. The largest absolute Gasteiger partial charge is 0.464 e. The molecule has 0 aromatic heterocycles. The Hall–Kier alpha value is -4.95. The van der Waals surface area contributed by atoms with Crippen LogP contribution in [0, 0.1) is 20.2 Å². The van der Waals surface area contributed by atoms with Crippen LogP contribution in [0.15, 0.2) is 48.5 Å². The maximum atomic E-state index is 12.3. The first-order valence-electron chi connectivity index (χ1n) is 12.2. The molecule has 1 N–H and O–H groups in total. The van der Waals surface area contributed by atoms with Gasteiger partial charge >= 0.3 is 12.1 Å². The molecule has 1 atom stereocenters. The van der Waals surface area contributed by atoms with Gasteiger partial charge in [0.05, 0.1) is 6.42 Å². The van der Waals surface area contributed by atoms with Crippen LogP contribution in [0.2, 0.25) is 0 Å². The Labute approximate surface area is 228 Å². The average molecular weight is 564 g/mol. The quantitative estimate of drug-likeness (QED) is 0.0656. The van der Waals surface area contributed by atoms with Crippen molar-refractivity contribution in [2.45, 2.75) is 44.6 Å². The molecule has 0 spiro atoms. The lowest BCUT2D eigenvalue weighted by atomic mass is 10.1. The van der Waals surface area contributed by atoms with Gasteiger partial charge in [-0.1, -0.05) is 24.3 Å². The van der Waals surface area contributed by atoms with E-state index < -0.39 is 28.3 Å². The third-order valence-electron chi connectivity index (χ3n) is 5.28. The summed E-state index contributed by atoms with van der Waals surface area (Å²) in [6, 6.07) is 13.0. The third-order valence-corrected chi connectivity index (χ3v) is 5.28. The van der Waals surface area contributed by atoms with Crippen LogP contribution in [0.3, 0.4) is 0 Å². The summed E-state index contributed by atoms with van der Waals surface area (Å²) < 4.78 is 15.5. The molecule has 1 unspecified atom stereocenters. The van der Waals surface area contributed by atoms with Gasteiger partial charge in [0.1, 0.15) is 30.8 Å². The highest BCUT2D eigenvalue weighted by Gasteiger charge is 2.17. The zero-order valence-corrected chi connectivity index (χ0v) is 21.4. The standard InChI is InChI=1S/C25H29N3O12/c29-18-36-21(17-24(30)39-22-8-3-5-19(15-22)10-13-37-27(32)33)7-1-2-12-26-25(31)40-23-9-4-6-20(16-23)11-14-38-28(34)35/h3-6,8-9,15-16,18,21H,1-2,7,10-14,17H2,(H,26,31). The van der Waals surface area contributed by atoms with E-state index in [1.807, 2.05) is 0 Å². The molecule has 1 amide bonds. The predicted octanol–water partition coefficient (Wildman–Crippen LogP) is 2.98. The number of hydrogen-bond acceptors (Lipinski definition) is 12. The Kier molecular flexibility index (Phi) is 13.7. The molecule has 2 aromatic carbocycles. The second kappa shape index (κ2) is 17.5. The summed E-state index contributed by atoms with van der Waals surface area (Å²) in [4.78, 5) is 64.3. The zero-order chi connectivity index (χ0) is 29.2. The van der Waals surface area contributed by atoms with Crippen LogP contribution >= 0.6 is 0 Å². The van der Waals surface area contributed by atoms with Crippen LogP contribution in [0.4, 0.5) is 4.79 Å². The molecule has 0 aliphatic rings. The van der Waals surface area contributed by atoms with Crippen molar-refractivity contribution in [2.75, 3.05) is 19.8 Å². The number of ether oxygens (including phenoxy) is 3. The fourth-order valence-corrected chi connectivity index (χ4v) is 3.49. The van der Waals surface area contributed by atoms with Gasteiger partial charge < -0.3 is 29.2 Å². The molecule has 0 bridgehead atoms. The van der Waals surface area contributed by atoms with E-state index in [9.17, 15) is 34.6 Å². The van der Waals surface area contributed by atoms with E-state index in [0.29, 0.717) is 30.4 Å². The first-order chi connectivity index (χ1) is 19.2. The molecule has 2 aromatic rings. The Morgan fingerprint density at radius 3 is 2.00 bits per heavy atom. The summed E-state index contributed by atoms with van der Waals surface area (Å²) in [6.07, 6.45) is 0.289. The number of nitrogens with zero attached hydrogens (tertiary/aromatic N) is 2. The highest BCUT2D eigenvalue weighted by atomic mass is 17.0. The van der Waals surface area contributed by atoms with E-state index in [1.165, 1.54) is 0 Å². The lowest BCUT2D eigenvalue weighted by Gasteiger charge is -2.15. The number of hydrogen-bond donors (Lipinski definition) is 1. The maximum Gasteiger partial charge on any atom is 0.412 e. The van der Waals surface area contributed by atoms with Crippen LogP contribution in [0.25, 0.3) is 0 Å². The molecule has 0 fully saturated rings. The molecule has 0 saturated carbocycles. The van der Waals surface area contributed by atoms with Crippen molar-refractivity contribution in [3.8, 4) is 11.5 Å². The predicted molar refractivity (Wildman–Crippen MR) is 135 cm³/mol. The normalized spacial score (nSPS) is 11.0. The number of unbranched alkanes of at least 4 members (excludes halogenated alkanes) is 1. The second-order valence-electron chi connectivity index (χ2n) is 8.25. The highest BCUT2D eigenvalue weighted by Crippen LogP contribution is 2.17. The molecule has 15 nitrogen and oxygen atoms in total. The summed E-state index contributed by atoms with van der Waals surface area (Å²) in [6.45, 7) is 0.261. The van der Waals surface area contributed by atoms with Gasteiger partial charge in [0.15, 0.2) is 0 Å². The number of carbonyl (C=O) groups excluding carboxylic acids is 3. The van der Waals surface area contributed by atoms with Gasteiger partial charge in [-0.25, -0.2) is 4.79 Å². The van der Waals surface area contributed by atoms with Crippen LogP contribution in [0.5, 0.6) is 11.5 Å². The van der Waals surface area contributed by atoms with Crippen LogP contribution in [0.1, 0.15) is 36.8 Å². The molecule has 0 heterocycles. The second-order valence-corrected chi connectivity index (χ2v) is 8.25. The molecule has 2 rings (SSSR count). The Morgan fingerprint density at radius 2 is 1.45 bits per heavy atom. The van der Waals surface area contributed by atoms with Gasteiger partial charge in [-0.05, 0) is 67.5 Å². The smallest absolute Gasteiger partial charge is 0.412 e. The van der Waals surface area contributed by atoms with Gasteiger partial charge in [0.25, 0.3) is 16.6 Å². The summed E-state index contributed by atoms with van der Waals surface area (Å²) in [5.74, 6) is -0.115. The monoisotopic (exact) mass is 563 g/mol. The lowest BCUT2D eigenvalue weighted by molar-refractivity contribution is -0.757. The fourth-order valence-electron chi connectivity index (χ4n) is 3.49. The summed E-state index contributed by atoms with van der Waals surface area (Å²) in [5.41, 5.74) is 1.37. The van der Waals surface area contributed by atoms with Gasteiger partial charge in [0.2, 0.25) is 0 Å². The Balaban J connectivity index is 1.69. The Bertz CT molecular complexity index is 1140. The van der Waals surface area contributed by atoms with Crippen molar-refractivity contribution in [1.82, 2.24) is 5.32 Å². The number of nitrogens with one attached hydrogen (secondary N) is 1. The first-order valence-corrected chi connectivity index (χ1v) is 12.2. The van der Waals surface area contributed by atoms with Crippen molar-refractivity contribution < 1.29 is 48.4 Å². The summed E-state index contributed by atoms with van der Waals surface area (Å²) >= 11 is 0. The van der Waals surface area contributed by atoms with E-state index in [1.54, 1.807) is 48.5 Å². The molecule has 0 aliphatic heterocycles. The zero-order valence-electron chi connectivity index (χ0n) is 21.4. The summed E-state index contributed by atoms with van der Waals surface area (Å²) in [5, 5.41) is 21.3. The van der Waals surface area contributed by atoms with E-state index >= 15 is 0 Å². The van der Waals surface area contributed by atoms with Gasteiger partial charge in [0, 0.05) is 6.54 Å². The number of rotatable bonds is 19. The molecular weight excluding hydrogens is 534 g/mol. The van der Waals surface area contributed by atoms with E-state index in [-0.39, 0.29) is 57.0 Å². The Morgan fingerprint density at radius 1 is 0.875 bits per heavy atom. The topological polar surface area (TPSA) is 196 Å². The molecule has 216 valence electrons. The molecular formula is C25H29N3O12. The first kappa shape index (κ1) is 31.3. The van der Waals surface area contributed by atoms with Crippen molar-refractivity contribution in [2.24, 2.45) is 0 Å². The van der Waals surface area contributed by atoms with E-state index in [4.69, 9.17) is 14.2 Å². The minimum Gasteiger partial charge on any atom is -0.464 e. The van der Waals surface area contributed by atoms with Crippen molar-refractivity contribution in [1.29, 1.82) is 0 Å². The van der Waals surface area contributed by atoms with Gasteiger partial charge in [-0.2, -0.15) is 0 Å². The van der Waals surface area contributed by atoms with Crippen LogP contribution < -0.4 is 14.8 Å². The van der Waals surface area contributed by atoms with Gasteiger partial charge in [-0.3, -0.25) is 9.59 Å². The van der Waals surface area contributed by atoms with Crippen molar-refractivity contribution >= 4 is 18.5 Å². The van der Waals surface area contributed by atoms with E-state index in [2.05, 4.69) is 15.0 Å². The van der Waals surface area contributed by atoms with Crippen molar-refractivity contribution in [3.63, 3.8) is 0 Å². The fraction of sp³-hybridized carbons (Fsp3) is 0.400. The minimum absolute atomic E-state index is 0.119. The number of benzene rings is 2. The number of esters is 1. The highest BCUT2D eigenvalue weighted by molar-refractivity contribution is 5.73. The van der Waals surface area contributed by atoms with E-state index in [0.717, 1.165) is 0 Å². The molecule has 0 saturated heterocycles. The minimum atomic E-state index is -0.886. The average Bonchev–Trinajstić information content (AvgIpc) is 2.88. The third kappa shape index (κ3) is 13.6. The molecule has 15 heteroatoms. The molecule has 40 heavy (non-hydrogen) atoms. The van der Waals surface area contributed by atoms with Crippen LogP contribution in [-0.4, -0.2) is 54.6 Å². The maximum absolute atomic E-state index is 12.3. The van der Waals surface area contributed by atoms with Crippen molar-refractivity contribution in [3.05, 3.63) is 79.9 Å². The molecule has 0 radical (unpaired) electrons.